The highest BCUT2D eigenvalue weighted by Crippen LogP contribution is 2.22. The Labute approximate surface area is 160 Å². The molecule has 8 heteroatoms. The van der Waals surface area contributed by atoms with Gasteiger partial charge >= 0.3 is 11.9 Å². The second kappa shape index (κ2) is 12.4. The number of hydrogen-bond acceptors (Lipinski definition) is 6. The quantitative estimate of drug-likeness (QED) is 0.397. The van der Waals surface area contributed by atoms with Crippen molar-refractivity contribution in [3.8, 4) is 11.1 Å². The molecule has 0 fully saturated rings. The van der Waals surface area contributed by atoms with E-state index in [0.29, 0.717) is 0 Å². The third kappa shape index (κ3) is 8.91. The van der Waals surface area contributed by atoms with Crippen LogP contribution in [0.15, 0.2) is 60.7 Å². The minimum absolute atomic E-state index is 0.229. The van der Waals surface area contributed by atoms with E-state index in [1.54, 1.807) is 0 Å². The highest BCUT2D eigenvalue weighted by Gasteiger charge is 2.14. The number of aliphatic carboxylic acids is 2. The van der Waals surface area contributed by atoms with Gasteiger partial charge in [-0.2, -0.15) is 0 Å². The van der Waals surface area contributed by atoms with E-state index < -0.39 is 24.0 Å². The molecule has 2 aromatic rings. The SMILES string of the molecule is NC(CSSCC(N)C(=O)O)C(=O)O.c1ccc(-c2ccccc2)cc1. The van der Waals surface area contributed by atoms with Gasteiger partial charge in [-0.1, -0.05) is 82.3 Å². The van der Waals surface area contributed by atoms with E-state index in [0.717, 1.165) is 0 Å². The molecule has 2 atom stereocenters. The van der Waals surface area contributed by atoms with Crippen LogP contribution in [0.5, 0.6) is 0 Å². The monoisotopic (exact) mass is 394 g/mol. The number of rotatable bonds is 8. The highest BCUT2D eigenvalue weighted by atomic mass is 33.1. The van der Waals surface area contributed by atoms with Crippen molar-refractivity contribution in [2.75, 3.05) is 11.5 Å². The molecule has 0 aromatic heterocycles. The molecule has 2 aromatic carbocycles. The Kier molecular flexibility index (Phi) is 10.5. The van der Waals surface area contributed by atoms with Crippen molar-refractivity contribution in [2.24, 2.45) is 11.5 Å². The first-order valence-corrected chi connectivity index (χ1v) is 10.2. The van der Waals surface area contributed by atoms with Crippen LogP contribution in [-0.2, 0) is 9.59 Å². The molecule has 6 N–H and O–H groups in total. The molecule has 0 spiro atoms. The van der Waals surface area contributed by atoms with Gasteiger partial charge in [0, 0.05) is 11.5 Å². The van der Waals surface area contributed by atoms with Gasteiger partial charge in [-0.15, -0.1) is 0 Å². The summed E-state index contributed by atoms with van der Waals surface area (Å²) in [4.78, 5) is 20.5. The summed E-state index contributed by atoms with van der Waals surface area (Å²) in [5, 5.41) is 16.8. The first-order valence-electron chi connectivity index (χ1n) is 7.73. The summed E-state index contributed by atoms with van der Waals surface area (Å²) >= 11 is 0. The standard InChI is InChI=1S/C12H10.C6H12N2O4S2/c1-3-7-11(8-4-1)12-9-5-2-6-10-12;7-3(5(9)10)1-13-14-2-4(8)6(11)12/h1-10H;3-4H,1-2,7-8H2,(H,9,10)(H,11,12). The molecule has 0 saturated heterocycles. The molecule has 26 heavy (non-hydrogen) atoms. The summed E-state index contributed by atoms with van der Waals surface area (Å²) in [6, 6.07) is 18.9. The molecule has 0 aliphatic rings. The highest BCUT2D eigenvalue weighted by molar-refractivity contribution is 8.76. The largest absolute Gasteiger partial charge is 0.480 e. The molecule has 0 aliphatic carbocycles. The van der Waals surface area contributed by atoms with E-state index in [1.165, 1.54) is 32.7 Å². The normalized spacial score (nSPS) is 12.4. The van der Waals surface area contributed by atoms with Gasteiger partial charge in [0.05, 0.1) is 0 Å². The average Bonchev–Trinajstić information content (AvgIpc) is 2.66. The molecule has 0 aliphatic heterocycles. The van der Waals surface area contributed by atoms with Crippen molar-refractivity contribution in [3.05, 3.63) is 60.7 Å². The van der Waals surface area contributed by atoms with Gasteiger partial charge in [0.25, 0.3) is 0 Å². The van der Waals surface area contributed by atoms with Crippen molar-refractivity contribution in [3.63, 3.8) is 0 Å². The Hall–Kier alpha value is -2.00. The van der Waals surface area contributed by atoms with E-state index in [1.807, 2.05) is 12.1 Å². The van der Waals surface area contributed by atoms with Crippen molar-refractivity contribution in [1.82, 2.24) is 0 Å². The summed E-state index contributed by atoms with van der Waals surface area (Å²) in [5.41, 5.74) is 13.0. The lowest BCUT2D eigenvalue weighted by atomic mass is 10.1. The number of carbonyl (C=O) groups is 2. The predicted molar refractivity (Wildman–Crippen MR) is 108 cm³/mol. The topological polar surface area (TPSA) is 127 Å². The first-order chi connectivity index (χ1) is 12.4. The third-order valence-corrected chi connectivity index (χ3v) is 5.57. The Morgan fingerprint density at radius 1 is 0.731 bits per heavy atom. The average molecular weight is 395 g/mol. The van der Waals surface area contributed by atoms with Crippen LogP contribution in [0.3, 0.4) is 0 Å². The van der Waals surface area contributed by atoms with E-state index in [9.17, 15) is 9.59 Å². The first kappa shape index (κ1) is 22.0. The number of hydrogen-bond donors (Lipinski definition) is 4. The van der Waals surface area contributed by atoms with Gasteiger partial charge in [-0.25, -0.2) is 0 Å². The van der Waals surface area contributed by atoms with Crippen LogP contribution in [0.25, 0.3) is 11.1 Å². The summed E-state index contributed by atoms with van der Waals surface area (Å²) in [6.07, 6.45) is 0. The molecule has 0 saturated carbocycles. The van der Waals surface area contributed by atoms with Crippen LogP contribution in [0.1, 0.15) is 0 Å². The molecule has 140 valence electrons. The summed E-state index contributed by atoms with van der Waals surface area (Å²) in [6.45, 7) is 0. The van der Waals surface area contributed by atoms with E-state index in [4.69, 9.17) is 21.7 Å². The summed E-state index contributed by atoms with van der Waals surface area (Å²) in [7, 11) is 2.41. The Balaban J connectivity index is 0.000000262. The lowest BCUT2D eigenvalue weighted by molar-refractivity contribution is -0.138. The number of benzene rings is 2. The smallest absolute Gasteiger partial charge is 0.321 e. The van der Waals surface area contributed by atoms with Crippen LogP contribution in [-0.4, -0.2) is 45.7 Å². The van der Waals surface area contributed by atoms with Crippen molar-refractivity contribution in [1.29, 1.82) is 0 Å². The van der Waals surface area contributed by atoms with Gasteiger partial charge < -0.3 is 21.7 Å². The van der Waals surface area contributed by atoms with Crippen LogP contribution in [0.2, 0.25) is 0 Å². The Morgan fingerprint density at radius 3 is 1.31 bits per heavy atom. The van der Waals surface area contributed by atoms with Gasteiger partial charge in [0.15, 0.2) is 0 Å². The lowest BCUT2D eigenvalue weighted by Gasteiger charge is -2.07. The minimum atomic E-state index is -1.07. The van der Waals surface area contributed by atoms with E-state index >= 15 is 0 Å². The van der Waals surface area contributed by atoms with E-state index in [-0.39, 0.29) is 11.5 Å². The van der Waals surface area contributed by atoms with Crippen LogP contribution in [0.4, 0.5) is 0 Å². The maximum absolute atomic E-state index is 10.3. The minimum Gasteiger partial charge on any atom is -0.480 e. The van der Waals surface area contributed by atoms with Gasteiger partial charge in [0.2, 0.25) is 0 Å². The Bertz CT molecular complexity index is 612. The summed E-state index contributed by atoms with van der Waals surface area (Å²) in [5.74, 6) is -1.68. The lowest BCUT2D eigenvalue weighted by Crippen LogP contribution is -2.33. The fraction of sp³-hybridized carbons (Fsp3) is 0.222. The second-order valence-corrected chi connectivity index (χ2v) is 7.74. The molecule has 2 rings (SSSR count). The molecule has 0 bridgehead atoms. The number of carboxylic acids is 2. The van der Waals surface area contributed by atoms with Crippen LogP contribution in [0, 0.1) is 0 Å². The molecule has 2 unspecified atom stereocenters. The maximum Gasteiger partial charge on any atom is 0.321 e. The molecule has 0 amide bonds. The second-order valence-electron chi connectivity index (χ2n) is 5.19. The predicted octanol–water partition coefficient (Wildman–Crippen LogP) is 2.55. The van der Waals surface area contributed by atoms with Crippen molar-refractivity contribution < 1.29 is 19.8 Å². The fourth-order valence-corrected chi connectivity index (χ4v) is 3.87. The molecular weight excluding hydrogens is 372 g/mol. The van der Waals surface area contributed by atoms with Crippen molar-refractivity contribution >= 4 is 33.5 Å². The van der Waals surface area contributed by atoms with Crippen LogP contribution < -0.4 is 11.5 Å². The maximum atomic E-state index is 10.3. The molecule has 6 nitrogen and oxygen atoms in total. The number of nitrogens with two attached hydrogens (primary N) is 2. The summed E-state index contributed by atoms with van der Waals surface area (Å²) < 4.78 is 0. The van der Waals surface area contributed by atoms with Crippen LogP contribution >= 0.6 is 21.6 Å². The molecule has 0 heterocycles. The van der Waals surface area contributed by atoms with Gasteiger partial charge in [0.1, 0.15) is 12.1 Å². The zero-order valence-electron chi connectivity index (χ0n) is 14.0. The van der Waals surface area contributed by atoms with E-state index in [2.05, 4.69) is 48.5 Å². The van der Waals surface area contributed by atoms with Gasteiger partial charge in [-0.05, 0) is 11.1 Å². The third-order valence-electron chi connectivity index (χ3n) is 3.09. The van der Waals surface area contributed by atoms with Crippen molar-refractivity contribution in [2.45, 2.75) is 12.1 Å². The zero-order chi connectivity index (χ0) is 19.4. The Morgan fingerprint density at radius 2 is 1.04 bits per heavy atom. The molecular formula is C18H22N2O4S2. The van der Waals surface area contributed by atoms with Gasteiger partial charge in [-0.3, -0.25) is 9.59 Å². The zero-order valence-corrected chi connectivity index (χ0v) is 15.7. The molecule has 0 radical (unpaired) electrons. The number of carboxylic acid groups (broad SMARTS) is 2. The fourth-order valence-electron chi connectivity index (χ4n) is 1.65.